The third-order valence-electron chi connectivity index (χ3n) is 4.35. The average Bonchev–Trinajstić information content (AvgIpc) is 2.99. The molecule has 3 heterocycles. The molecule has 0 radical (unpaired) electrons. The molecule has 116 valence electrons. The molecule has 2 aliphatic rings. The molecular weight excluding hydrogens is 284 g/mol. The van der Waals surface area contributed by atoms with Gasteiger partial charge in [-0.05, 0) is 31.9 Å². The highest BCUT2D eigenvalue weighted by molar-refractivity contribution is 7.99. The first-order chi connectivity index (χ1) is 10.3. The van der Waals surface area contributed by atoms with Gasteiger partial charge in [0.25, 0.3) is 0 Å². The van der Waals surface area contributed by atoms with Gasteiger partial charge in [0.1, 0.15) is 0 Å². The average molecular weight is 308 g/mol. The van der Waals surface area contributed by atoms with Crippen LogP contribution in [0, 0.1) is 0 Å². The lowest BCUT2D eigenvalue weighted by Gasteiger charge is -2.36. The first kappa shape index (κ1) is 14.9. The molecule has 0 aliphatic carbocycles. The Hall–Kier alpha value is -1.01. The van der Waals surface area contributed by atoms with Crippen molar-refractivity contribution in [2.45, 2.75) is 57.3 Å². The number of rotatable bonds is 4. The van der Waals surface area contributed by atoms with Crippen molar-refractivity contribution in [3.05, 3.63) is 18.0 Å². The van der Waals surface area contributed by atoms with Crippen LogP contribution in [0.1, 0.15) is 44.2 Å². The standard InChI is InChI=1S/C15H24N4OS/c1-2-19-9-11(8-16-19)15-13(5-6-14(20)18-15)17-12-4-3-7-21-10-12/h8-9,12-13,15,17H,2-7,10H2,1H3,(H,18,20)/t12-,13+,15-/m0/s1. The summed E-state index contributed by atoms with van der Waals surface area (Å²) in [7, 11) is 0. The summed E-state index contributed by atoms with van der Waals surface area (Å²) < 4.78 is 1.92. The van der Waals surface area contributed by atoms with Crippen LogP contribution >= 0.6 is 11.8 Å². The summed E-state index contributed by atoms with van der Waals surface area (Å²) in [5.41, 5.74) is 1.12. The number of amides is 1. The second-order valence-corrected chi connectivity index (χ2v) is 7.05. The Kier molecular flexibility index (Phi) is 4.85. The Labute approximate surface area is 130 Å². The summed E-state index contributed by atoms with van der Waals surface area (Å²) in [6.45, 7) is 2.93. The van der Waals surface area contributed by atoms with Gasteiger partial charge in [-0.15, -0.1) is 0 Å². The minimum absolute atomic E-state index is 0.0541. The molecule has 2 saturated heterocycles. The summed E-state index contributed by atoms with van der Waals surface area (Å²) in [6, 6.07) is 0.951. The van der Waals surface area contributed by atoms with Gasteiger partial charge in [-0.3, -0.25) is 9.48 Å². The van der Waals surface area contributed by atoms with Crippen molar-refractivity contribution in [3.63, 3.8) is 0 Å². The van der Waals surface area contributed by atoms with Crippen molar-refractivity contribution in [3.8, 4) is 0 Å². The lowest BCUT2D eigenvalue weighted by Crippen LogP contribution is -2.52. The normalized spacial score (nSPS) is 30.1. The van der Waals surface area contributed by atoms with E-state index in [2.05, 4.69) is 28.9 Å². The third-order valence-corrected chi connectivity index (χ3v) is 5.56. The van der Waals surface area contributed by atoms with Gasteiger partial charge < -0.3 is 10.6 Å². The van der Waals surface area contributed by atoms with E-state index in [0.717, 1.165) is 18.5 Å². The molecule has 6 heteroatoms. The third kappa shape index (κ3) is 3.61. The number of carbonyl (C=O) groups excluding carboxylic acids is 1. The first-order valence-corrected chi connectivity index (χ1v) is 9.07. The minimum Gasteiger partial charge on any atom is -0.348 e. The number of hydrogen-bond acceptors (Lipinski definition) is 4. The summed E-state index contributed by atoms with van der Waals surface area (Å²) in [5.74, 6) is 2.62. The minimum atomic E-state index is 0.0541. The smallest absolute Gasteiger partial charge is 0.220 e. The first-order valence-electron chi connectivity index (χ1n) is 7.91. The Morgan fingerprint density at radius 1 is 1.52 bits per heavy atom. The molecule has 3 rings (SSSR count). The molecule has 2 aliphatic heterocycles. The van der Waals surface area contributed by atoms with Crippen LogP contribution in [0.25, 0.3) is 0 Å². The zero-order chi connectivity index (χ0) is 14.7. The number of piperidine rings is 1. The molecule has 0 unspecified atom stereocenters. The number of nitrogens with zero attached hydrogens (tertiary/aromatic N) is 2. The van der Waals surface area contributed by atoms with Crippen molar-refractivity contribution in [1.82, 2.24) is 20.4 Å². The zero-order valence-corrected chi connectivity index (χ0v) is 13.4. The molecule has 21 heavy (non-hydrogen) atoms. The molecule has 0 spiro atoms. The van der Waals surface area contributed by atoms with E-state index in [9.17, 15) is 4.79 Å². The van der Waals surface area contributed by atoms with Crippen LogP contribution in [0.3, 0.4) is 0 Å². The van der Waals surface area contributed by atoms with E-state index >= 15 is 0 Å². The van der Waals surface area contributed by atoms with Crippen molar-refractivity contribution in [1.29, 1.82) is 0 Å². The van der Waals surface area contributed by atoms with Gasteiger partial charge in [-0.1, -0.05) is 0 Å². The van der Waals surface area contributed by atoms with Crippen LogP contribution in [0.15, 0.2) is 12.4 Å². The van der Waals surface area contributed by atoms with E-state index in [4.69, 9.17) is 0 Å². The fourth-order valence-electron chi connectivity index (χ4n) is 3.18. The number of aromatic nitrogens is 2. The quantitative estimate of drug-likeness (QED) is 0.889. The SMILES string of the molecule is CCn1cc([C@@H]2NC(=O)CC[C@H]2N[C@H]2CCCSC2)cn1. The molecule has 0 bridgehead atoms. The maximum Gasteiger partial charge on any atom is 0.220 e. The molecule has 0 aromatic carbocycles. The summed E-state index contributed by atoms with van der Waals surface area (Å²) in [6.07, 6.45) is 8.02. The van der Waals surface area contributed by atoms with E-state index in [1.165, 1.54) is 24.3 Å². The van der Waals surface area contributed by atoms with Crippen LogP contribution in [0.4, 0.5) is 0 Å². The monoisotopic (exact) mass is 308 g/mol. The summed E-state index contributed by atoms with van der Waals surface area (Å²) >= 11 is 2.03. The predicted molar refractivity (Wildman–Crippen MR) is 85.3 cm³/mol. The van der Waals surface area contributed by atoms with Gasteiger partial charge in [0, 0.05) is 42.6 Å². The Balaban J connectivity index is 1.71. The van der Waals surface area contributed by atoms with Crippen molar-refractivity contribution >= 4 is 17.7 Å². The van der Waals surface area contributed by atoms with Crippen LogP contribution in [0.2, 0.25) is 0 Å². The molecule has 1 amide bonds. The van der Waals surface area contributed by atoms with Gasteiger partial charge in [0.15, 0.2) is 0 Å². The number of hydrogen-bond donors (Lipinski definition) is 2. The molecule has 3 atom stereocenters. The maximum absolute atomic E-state index is 11.8. The molecule has 5 nitrogen and oxygen atoms in total. The molecule has 2 fully saturated rings. The highest BCUT2D eigenvalue weighted by atomic mass is 32.2. The number of nitrogens with one attached hydrogen (secondary N) is 2. The van der Waals surface area contributed by atoms with E-state index in [-0.39, 0.29) is 11.9 Å². The van der Waals surface area contributed by atoms with Crippen LogP contribution < -0.4 is 10.6 Å². The van der Waals surface area contributed by atoms with Crippen molar-refractivity contribution < 1.29 is 4.79 Å². The van der Waals surface area contributed by atoms with E-state index < -0.39 is 0 Å². The fraction of sp³-hybridized carbons (Fsp3) is 0.733. The van der Waals surface area contributed by atoms with Crippen LogP contribution in [0.5, 0.6) is 0 Å². The van der Waals surface area contributed by atoms with Crippen molar-refractivity contribution in [2.24, 2.45) is 0 Å². The van der Waals surface area contributed by atoms with Crippen LogP contribution in [-0.2, 0) is 11.3 Å². The lowest BCUT2D eigenvalue weighted by molar-refractivity contribution is -0.124. The molecule has 1 aromatic heterocycles. The van der Waals surface area contributed by atoms with Gasteiger partial charge in [-0.25, -0.2) is 0 Å². The second-order valence-electron chi connectivity index (χ2n) is 5.90. The van der Waals surface area contributed by atoms with E-state index in [0.29, 0.717) is 18.5 Å². The fourth-order valence-corrected chi connectivity index (χ4v) is 4.27. The second kappa shape index (κ2) is 6.83. The van der Waals surface area contributed by atoms with E-state index in [1.807, 2.05) is 22.6 Å². The predicted octanol–water partition coefficient (Wildman–Crippen LogP) is 1.71. The van der Waals surface area contributed by atoms with Crippen LogP contribution in [-0.4, -0.2) is 39.3 Å². The van der Waals surface area contributed by atoms with Gasteiger partial charge in [-0.2, -0.15) is 16.9 Å². The Morgan fingerprint density at radius 3 is 3.14 bits per heavy atom. The molecule has 0 saturated carbocycles. The molecular formula is C15H24N4OS. The lowest BCUT2D eigenvalue weighted by atomic mass is 9.92. The zero-order valence-electron chi connectivity index (χ0n) is 12.5. The number of carbonyl (C=O) groups is 1. The number of aryl methyl sites for hydroxylation is 1. The highest BCUT2D eigenvalue weighted by Crippen LogP contribution is 2.26. The topological polar surface area (TPSA) is 59.0 Å². The van der Waals surface area contributed by atoms with E-state index in [1.54, 1.807) is 0 Å². The molecule has 2 N–H and O–H groups in total. The maximum atomic E-state index is 11.8. The van der Waals surface area contributed by atoms with Crippen molar-refractivity contribution in [2.75, 3.05) is 11.5 Å². The van der Waals surface area contributed by atoms with Gasteiger partial charge in [0.2, 0.25) is 5.91 Å². The Morgan fingerprint density at radius 2 is 2.43 bits per heavy atom. The summed E-state index contributed by atoms with van der Waals surface area (Å²) in [4.78, 5) is 11.8. The Bertz CT molecular complexity index is 484. The summed E-state index contributed by atoms with van der Waals surface area (Å²) in [5, 5.41) is 11.3. The van der Waals surface area contributed by atoms with Gasteiger partial charge in [0.05, 0.1) is 12.2 Å². The highest BCUT2D eigenvalue weighted by Gasteiger charge is 2.32. The number of thioether (sulfide) groups is 1. The largest absolute Gasteiger partial charge is 0.348 e. The molecule has 1 aromatic rings. The van der Waals surface area contributed by atoms with Gasteiger partial charge >= 0.3 is 0 Å².